The van der Waals surface area contributed by atoms with Gasteiger partial charge in [0.1, 0.15) is 5.82 Å². The van der Waals surface area contributed by atoms with Crippen LogP contribution in [0.4, 0.5) is 0 Å². The summed E-state index contributed by atoms with van der Waals surface area (Å²) in [5, 5.41) is 4.57. The number of hydrogen-bond donors (Lipinski definition) is 0. The molecule has 4 nitrogen and oxygen atoms in total. The number of aryl methyl sites for hydroxylation is 3. The molecule has 0 aliphatic carbocycles. The number of benzene rings is 2. The van der Waals surface area contributed by atoms with Crippen molar-refractivity contribution in [2.24, 2.45) is 0 Å². The van der Waals surface area contributed by atoms with Crippen molar-refractivity contribution in [1.82, 2.24) is 14.3 Å². The lowest BCUT2D eigenvalue weighted by atomic mass is 10.1. The smallest absolute Gasteiger partial charge is 0.271 e. The number of nitrogens with zero attached hydrogens (tertiary/aromatic N) is 3. The molecule has 3 aromatic rings. The fraction of sp³-hybridized carbons (Fsp3) is 0.263. The maximum atomic E-state index is 12.9. The van der Waals surface area contributed by atoms with Crippen molar-refractivity contribution < 1.29 is 0 Å². The molecule has 1 aliphatic heterocycles. The van der Waals surface area contributed by atoms with Crippen molar-refractivity contribution in [3.63, 3.8) is 0 Å². The minimum Gasteiger partial charge on any atom is -0.271 e. The third-order valence-electron chi connectivity index (χ3n) is 4.75. The molecule has 0 spiro atoms. The van der Waals surface area contributed by atoms with E-state index >= 15 is 0 Å². The van der Waals surface area contributed by atoms with Crippen molar-refractivity contribution in [2.75, 3.05) is 0 Å². The molecule has 0 N–H and O–H groups in total. The van der Waals surface area contributed by atoms with E-state index in [1.165, 1.54) is 21.4 Å². The van der Waals surface area contributed by atoms with Gasteiger partial charge in [-0.05, 0) is 49.1 Å². The first-order valence-electron chi connectivity index (χ1n) is 7.98. The molecule has 2 heterocycles. The Morgan fingerprint density at radius 3 is 2.57 bits per heavy atom. The van der Waals surface area contributed by atoms with Crippen LogP contribution in [0.5, 0.6) is 0 Å². The summed E-state index contributed by atoms with van der Waals surface area (Å²) >= 11 is 0. The van der Waals surface area contributed by atoms with Crippen molar-refractivity contribution in [3.8, 4) is 5.69 Å². The predicted molar refractivity (Wildman–Crippen MR) is 90.2 cm³/mol. The van der Waals surface area contributed by atoms with Crippen molar-refractivity contribution in [3.05, 3.63) is 81.5 Å². The second-order valence-corrected chi connectivity index (χ2v) is 6.21. The van der Waals surface area contributed by atoms with Gasteiger partial charge in [0.2, 0.25) is 0 Å². The zero-order valence-electron chi connectivity index (χ0n) is 13.4. The average Bonchev–Trinajstić information content (AvgIpc) is 3.12. The van der Waals surface area contributed by atoms with E-state index in [1.807, 2.05) is 41.0 Å². The standard InChI is InChI=1S/C19H19N3O/c1-13-8-9-16(12-14(13)2)22-19(23)21-17(10-11-18(21)20-22)15-6-4-3-5-7-15/h3-9,12,17H,10-11H2,1-2H3/t17-/m0/s1. The van der Waals surface area contributed by atoms with Gasteiger partial charge in [0.05, 0.1) is 11.7 Å². The Morgan fingerprint density at radius 2 is 1.83 bits per heavy atom. The van der Waals surface area contributed by atoms with Gasteiger partial charge in [-0.1, -0.05) is 36.4 Å². The molecule has 23 heavy (non-hydrogen) atoms. The third kappa shape index (κ3) is 2.22. The van der Waals surface area contributed by atoms with Crippen LogP contribution in [0.15, 0.2) is 53.3 Å². The summed E-state index contributed by atoms with van der Waals surface area (Å²) in [6.45, 7) is 4.13. The topological polar surface area (TPSA) is 39.8 Å². The Labute approximate surface area is 135 Å². The molecule has 1 aromatic heterocycles. The third-order valence-corrected chi connectivity index (χ3v) is 4.75. The van der Waals surface area contributed by atoms with Crippen LogP contribution in [0.25, 0.3) is 5.69 Å². The quantitative estimate of drug-likeness (QED) is 0.729. The number of rotatable bonds is 2. The van der Waals surface area contributed by atoms with E-state index < -0.39 is 0 Å². The molecule has 0 saturated carbocycles. The van der Waals surface area contributed by atoms with E-state index in [0.717, 1.165) is 24.4 Å². The predicted octanol–water partition coefficient (Wildman–Crippen LogP) is 3.19. The van der Waals surface area contributed by atoms with Crippen molar-refractivity contribution >= 4 is 0 Å². The second-order valence-electron chi connectivity index (χ2n) is 6.21. The Hall–Kier alpha value is -2.62. The van der Waals surface area contributed by atoms with Crippen molar-refractivity contribution in [2.45, 2.75) is 32.7 Å². The van der Waals surface area contributed by atoms with E-state index in [2.05, 4.69) is 31.1 Å². The zero-order chi connectivity index (χ0) is 16.0. The molecule has 0 amide bonds. The molecule has 116 valence electrons. The van der Waals surface area contributed by atoms with Crippen LogP contribution in [-0.4, -0.2) is 14.3 Å². The van der Waals surface area contributed by atoms with Gasteiger partial charge in [-0.2, -0.15) is 4.68 Å². The van der Waals surface area contributed by atoms with Gasteiger partial charge < -0.3 is 0 Å². The molecular weight excluding hydrogens is 286 g/mol. The number of hydrogen-bond acceptors (Lipinski definition) is 2. The first kappa shape index (κ1) is 14.0. The lowest BCUT2D eigenvalue weighted by Gasteiger charge is -2.12. The minimum absolute atomic E-state index is 0.0467. The molecule has 4 rings (SSSR count). The van der Waals surface area contributed by atoms with Crippen LogP contribution >= 0.6 is 0 Å². The summed E-state index contributed by atoms with van der Waals surface area (Å²) in [6, 6.07) is 16.3. The van der Waals surface area contributed by atoms with E-state index in [-0.39, 0.29) is 11.7 Å². The summed E-state index contributed by atoms with van der Waals surface area (Å²) < 4.78 is 3.39. The van der Waals surface area contributed by atoms with Crippen LogP contribution in [0.2, 0.25) is 0 Å². The fourth-order valence-electron chi connectivity index (χ4n) is 3.31. The van der Waals surface area contributed by atoms with Crippen LogP contribution in [0.3, 0.4) is 0 Å². The van der Waals surface area contributed by atoms with E-state index in [1.54, 1.807) is 0 Å². The lowest BCUT2D eigenvalue weighted by Crippen LogP contribution is -2.26. The summed E-state index contributed by atoms with van der Waals surface area (Å²) in [6.07, 6.45) is 1.78. The van der Waals surface area contributed by atoms with Crippen LogP contribution in [0.1, 0.15) is 35.0 Å². The van der Waals surface area contributed by atoms with Gasteiger partial charge in [-0.25, -0.2) is 4.79 Å². The molecule has 0 fully saturated rings. The van der Waals surface area contributed by atoms with E-state index in [9.17, 15) is 4.79 Å². The summed E-state index contributed by atoms with van der Waals surface area (Å²) in [7, 11) is 0. The zero-order valence-corrected chi connectivity index (χ0v) is 13.4. The highest BCUT2D eigenvalue weighted by atomic mass is 16.2. The molecule has 0 bridgehead atoms. The van der Waals surface area contributed by atoms with Gasteiger partial charge in [-0.3, -0.25) is 4.57 Å². The Kier molecular flexibility index (Phi) is 3.18. The number of aromatic nitrogens is 3. The molecular formula is C19H19N3O. The maximum Gasteiger partial charge on any atom is 0.351 e. The maximum absolute atomic E-state index is 12.9. The Bertz CT molecular complexity index is 922. The second kappa shape index (κ2) is 5.23. The largest absolute Gasteiger partial charge is 0.351 e. The molecule has 4 heteroatoms. The monoisotopic (exact) mass is 305 g/mol. The summed E-state index contributed by atoms with van der Waals surface area (Å²) in [4.78, 5) is 12.9. The summed E-state index contributed by atoms with van der Waals surface area (Å²) in [5.41, 5.74) is 4.35. The lowest BCUT2D eigenvalue weighted by molar-refractivity contribution is 0.588. The first-order chi connectivity index (χ1) is 11.1. The highest BCUT2D eigenvalue weighted by molar-refractivity contribution is 5.39. The fourth-order valence-corrected chi connectivity index (χ4v) is 3.31. The first-order valence-corrected chi connectivity index (χ1v) is 7.98. The number of fused-ring (bicyclic) bond motifs is 1. The van der Waals surface area contributed by atoms with Gasteiger partial charge >= 0.3 is 5.69 Å². The molecule has 0 saturated heterocycles. The van der Waals surface area contributed by atoms with Gasteiger partial charge in [-0.15, -0.1) is 5.10 Å². The Morgan fingerprint density at radius 1 is 1.04 bits per heavy atom. The van der Waals surface area contributed by atoms with Crippen LogP contribution < -0.4 is 5.69 Å². The molecule has 0 unspecified atom stereocenters. The highest BCUT2D eigenvalue weighted by Gasteiger charge is 2.29. The van der Waals surface area contributed by atoms with E-state index in [4.69, 9.17) is 0 Å². The average molecular weight is 305 g/mol. The van der Waals surface area contributed by atoms with Crippen molar-refractivity contribution in [1.29, 1.82) is 0 Å². The molecule has 2 aromatic carbocycles. The SMILES string of the molecule is Cc1ccc(-n2nc3n(c2=O)[C@H](c2ccccc2)CC3)cc1C. The van der Waals surface area contributed by atoms with Gasteiger partial charge in [0, 0.05) is 6.42 Å². The Balaban J connectivity index is 1.82. The minimum atomic E-state index is -0.0467. The summed E-state index contributed by atoms with van der Waals surface area (Å²) in [5.74, 6) is 0.877. The highest BCUT2D eigenvalue weighted by Crippen LogP contribution is 2.29. The van der Waals surface area contributed by atoms with Gasteiger partial charge in [0.15, 0.2) is 0 Å². The molecule has 1 atom stereocenters. The molecule has 0 radical (unpaired) electrons. The van der Waals surface area contributed by atoms with Crippen LogP contribution in [0, 0.1) is 13.8 Å². The molecule has 1 aliphatic rings. The van der Waals surface area contributed by atoms with Gasteiger partial charge in [0.25, 0.3) is 0 Å². The van der Waals surface area contributed by atoms with E-state index in [0.29, 0.717) is 0 Å². The van der Waals surface area contributed by atoms with Crippen LogP contribution in [-0.2, 0) is 6.42 Å². The normalized spacial score (nSPS) is 16.5.